The molecule has 2 aliphatic heterocycles. The van der Waals surface area contributed by atoms with Crippen LogP contribution in [-0.2, 0) is 4.79 Å². The van der Waals surface area contributed by atoms with Gasteiger partial charge < -0.3 is 24.6 Å². The van der Waals surface area contributed by atoms with Crippen molar-refractivity contribution in [3.63, 3.8) is 0 Å². The van der Waals surface area contributed by atoms with Gasteiger partial charge in [-0.1, -0.05) is 0 Å². The highest BCUT2D eigenvalue weighted by molar-refractivity contribution is 5.94. The number of rotatable bonds is 9. The molecule has 1 aromatic carbocycles. The number of hydrogen-bond donors (Lipinski definition) is 1. The van der Waals surface area contributed by atoms with Crippen LogP contribution in [0.25, 0.3) is 0 Å². The minimum atomic E-state index is -0.111. The summed E-state index contributed by atoms with van der Waals surface area (Å²) in [6.45, 7) is 11.1. The highest BCUT2D eigenvalue weighted by atomic mass is 16.5. The van der Waals surface area contributed by atoms with Crippen molar-refractivity contribution >= 4 is 11.8 Å². The van der Waals surface area contributed by atoms with Crippen molar-refractivity contribution in [3.05, 3.63) is 23.8 Å². The first-order valence-corrected chi connectivity index (χ1v) is 11.7. The second-order valence-corrected chi connectivity index (χ2v) is 8.78. The maximum absolute atomic E-state index is 12.7. The summed E-state index contributed by atoms with van der Waals surface area (Å²) in [5.74, 6) is 1.36. The molecule has 0 spiro atoms. The van der Waals surface area contributed by atoms with Gasteiger partial charge in [-0.2, -0.15) is 0 Å². The van der Waals surface area contributed by atoms with Crippen molar-refractivity contribution in [3.8, 4) is 11.5 Å². The van der Waals surface area contributed by atoms with E-state index in [1.54, 1.807) is 18.2 Å². The Morgan fingerprint density at radius 2 is 1.87 bits per heavy atom. The van der Waals surface area contributed by atoms with Crippen LogP contribution >= 0.6 is 0 Å². The number of nitrogens with zero attached hydrogens (tertiary/aromatic N) is 2. The fourth-order valence-electron chi connectivity index (χ4n) is 4.25. The lowest BCUT2D eigenvalue weighted by atomic mass is 10.1. The molecule has 2 fully saturated rings. The quantitative estimate of drug-likeness (QED) is 0.651. The van der Waals surface area contributed by atoms with Gasteiger partial charge in [0.25, 0.3) is 11.8 Å². The molecule has 3 rings (SSSR count). The lowest BCUT2D eigenvalue weighted by Crippen LogP contribution is -2.38. The van der Waals surface area contributed by atoms with Crippen LogP contribution in [0.5, 0.6) is 11.5 Å². The lowest BCUT2D eigenvalue weighted by Gasteiger charge is -2.26. The zero-order valence-electron chi connectivity index (χ0n) is 19.2. The largest absolute Gasteiger partial charge is 0.490 e. The Hall–Kier alpha value is -2.28. The number of amides is 2. The van der Waals surface area contributed by atoms with Crippen LogP contribution in [0.15, 0.2) is 18.2 Å². The fraction of sp³-hybridized carbons (Fsp3) is 0.667. The van der Waals surface area contributed by atoms with Crippen LogP contribution in [0.3, 0.4) is 0 Å². The van der Waals surface area contributed by atoms with Gasteiger partial charge in [-0.15, -0.1) is 0 Å². The molecular formula is C24H37N3O4. The van der Waals surface area contributed by atoms with Crippen LogP contribution in [-0.4, -0.2) is 73.6 Å². The van der Waals surface area contributed by atoms with E-state index in [-0.39, 0.29) is 18.4 Å². The van der Waals surface area contributed by atoms with Gasteiger partial charge in [0.2, 0.25) is 0 Å². The summed E-state index contributed by atoms with van der Waals surface area (Å²) in [6, 6.07) is 5.70. The van der Waals surface area contributed by atoms with E-state index in [0.717, 1.165) is 45.4 Å². The van der Waals surface area contributed by atoms with Crippen LogP contribution < -0.4 is 14.8 Å². The van der Waals surface area contributed by atoms with Crippen molar-refractivity contribution in [2.75, 3.05) is 45.9 Å². The molecule has 0 aliphatic carbocycles. The summed E-state index contributed by atoms with van der Waals surface area (Å²) >= 11 is 0. The fourth-order valence-corrected chi connectivity index (χ4v) is 4.25. The topological polar surface area (TPSA) is 71.1 Å². The maximum atomic E-state index is 12.7. The van der Waals surface area contributed by atoms with Crippen molar-refractivity contribution in [1.82, 2.24) is 15.1 Å². The Kier molecular flexibility index (Phi) is 8.58. The van der Waals surface area contributed by atoms with Gasteiger partial charge in [0.1, 0.15) is 0 Å². The summed E-state index contributed by atoms with van der Waals surface area (Å²) in [5.41, 5.74) is 0.539. The number of benzene rings is 1. The van der Waals surface area contributed by atoms with E-state index in [1.165, 1.54) is 6.42 Å². The Morgan fingerprint density at radius 1 is 1.10 bits per heavy atom. The van der Waals surface area contributed by atoms with Gasteiger partial charge in [-0.3, -0.25) is 9.59 Å². The molecule has 1 atom stereocenters. The summed E-state index contributed by atoms with van der Waals surface area (Å²) in [4.78, 5) is 29.4. The highest BCUT2D eigenvalue weighted by Gasteiger charge is 2.25. The van der Waals surface area contributed by atoms with E-state index in [0.29, 0.717) is 42.2 Å². The maximum Gasteiger partial charge on any atom is 0.260 e. The van der Waals surface area contributed by atoms with Crippen LogP contribution in [0.1, 0.15) is 56.8 Å². The molecule has 2 aliphatic rings. The van der Waals surface area contributed by atoms with Crippen molar-refractivity contribution in [1.29, 1.82) is 0 Å². The average molecular weight is 432 g/mol. The number of ether oxygens (including phenoxy) is 2. The third-order valence-corrected chi connectivity index (χ3v) is 6.16. The second-order valence-electron chi connectivity index (χ2n) is 8.78. The normalized spacial score (nSPS) is 19.5. The molecule has 2 heterocycles. The number of carbonyl (C=O) groups is 2. The van der Waals surface area contributed by atoms with Gasteiger partial charge in [0, 0.05) is 37.8 Å². The van der Waals surface area contributed by atoms with Gasteiger partial charge in [0.05, 0.1) is 6.61 Å². The first kappa shape index (κ1) is 23.4. The molecular weight excluding hydrogens is 394 g/mol. The average Bonchev–Trinajstić information content (AvgIpc) is 3.26. The number of nitrogens with one attached hydrogen (secondary N) is 1. The van der Waals surface area contributed by atoms with Gasteiger partial charge in [-0.25, -0.2) is 0 Å². The molecule has 172 valence electrons. The number of likely N-dealkylation sites (tertiary alicyclic amines) is 2. The SMILES string of the molecule is CCOc1cc(C(=O)NCC2CCN(C(C)C)C2)ccc1OCC(=O)N1CCCCC1. The predicted octanol–water partition coefficient (Wildman–Crippen LogP) is 2.94. The van der Waals surface area contributed by atoms with Gasteiger partial charge in [-0.05, 0) is 77.1 Å². The van der Waals surface area contributed by atoms with Crippen molar-refractivity contribution in [2.45, 2.75) is 52.5 Å². The monoisotopic (exact) mass is 431 g/mol. The van der Waals surface area contributed by atoms with E-state index in [9.17, 15) is 9.59 Å². The number of hydrogen-bond acceptors (Lipinski definition) is 5. The number of carbonyl (C=O) groups excluding carboxylic acids is 2. The third kappa shape index (κ3) is 6.60. The lowest BCUT2D eigenvalue weighted by molar-refractivity contribution is -0.134. The molecule has 0 aromatic heterocycles. The molecule has 1 unspecified atom stereocenters. The molecule has 0 radical (unpaired) electrons. The van der Waals surface area contributed by atoms with Crippen LogP contribution in [0, 0.1) is 5.92 Å². The Balaban J connectivity index is 1.55. The summed E-state index contributed by atoms with van der Waals surface area (Å²) in [6.07, 6.45) is 4.39. The summed E-state index contributed by atoms with van der Waals surface area (Å²) < 4.78 is 11.4. The second kappa shape index (κ2) is 11.4. The summed E-state index contributed by atoms with van der Waals surface area (Å²) in [5, 5.41) is 3.06. The third-order valence-electron chi connectivity index (χ3n) is 6.16. The molecule has 1 aromatic rings. The summed E-state index contributed by atoms with van der Waals surface area (Å²) in [7, 11) is 0. The number of piperidine rings is 1. The molecule has 0 saturated carbocycles. The molecule has 0 bridgehead atoms. The zero-order chi connectivity index (χ0) is 22.2. The zero-order valence-corrected chi connectivity index (χ0v) is 19.2. The molecule has 2 saturated heterocycles. The molecule has 2 amide bonds. The van der Waals surface area contributed by atoms with Crippen molar-refractivity contribution < 1.29 is 19.1 Å². The van der Waals surface area contributed by atoms with E-state index in [1.807, 2.05) is 11.8 Å². The Morgan fingerprint density at radius 3 is 2.55 bits per heavy atom. The van der Waals surface area contributed by atoms with E-state index < -0.39 is 0 Å². The predicted molar refractivity (Wildman–Crippen MR) is 121 cm³/mol. The Labute approximate surface area is 186 Å². The van der Waals surface area contributed by atoms with E-state index in [2.05, 4.69) is 24.1 Å². The minimum absolute atomic E-state index is 0.00373. The van der Waals surface area contributed by atoms with Crippen molar-refractivity contribution in [2.24, 2.45) is 5.92 Å². The van der Waals surface area contributed by atoms with Crippen LogP contribution in [0.2, 0.25) is 0 Å². The van der Waals surface area contributed by atoms with E-state index >= 15 is 0 Å². The smallest absolute Gasteiger partial charge is 0.260 e. The molecule has 1 N–H and O–H groups in total. The first-order chi connectivity index (χ1) is 15.0. The van der Waals surface area contributed by atoms with E-state index in [4.69, 9.17) is 9.47 Å². The van der Waals surface area contributed by atoms with Crippen LogP contribution in [0.4, 0.5) is 0 Å². The minimum Gasteiger partial charge on any atom is -0.490 e. The van der Waals surface area contributed by atoms with Gasteiger partial charge >= 0.3 is 0 Å². The molecule has 7 nitrogen and oxygen atoms in total. The molecule has 7 heteroatoms. The standard InChI is InChI=1S/C24H37N3O4/c1-4-30-22-14-20(24(29)25-15-19-10-13-27(16-19)18(2)3)8-9-21(22)31-17-23(28)26-11-6-5-7-12-26/h8-9,14,18-19H,4-7,10-13,15-17H2,1-3H3,(H,25,29). The highest BCUT2D eigenvalue weighted by Crippen LogP contribution is 2.29. The first-order valence-electron chi connectivity index (χ1n) is 11.7. The van der Waals surface area contributed by atoms with Gasteiger partial charge in [0.15, 0.2) is 18.1 Å². The molecule has 31 heavy (non-hydrogen) atoms. The Bertz CT molecular complexity index is 746.